The minimum atomic E-state index is -4.75. The molecule has 0 amide bonds. The Bertz CT molecular complexity index is 313. The van der Waals surface area contributed by atoms with Gasteiger partial charge in [0.2, 0.25) is 0 Å². The van der Waals surface area contributed by atoms with Crippen molar-refractivity contribution in [1.82, 2.24) is 0 Å². The van der Waals surface area contributed by atoms with Gasteiger partial charge in [0.1, 0.15) is 0 Å². The van der Waals surface area contributed by atoms with E-state index in [1.165, 1.54) is 6.07 Å². The van der Waals surface area contributed by atoms with Crippen molar-refractivity contribution in [3.63, 3.8) is 0 Å². The van der Waals surface area contributed by atoms with E-state index in [0.29, 0.717) is 6.42 Å². The van der Waals surface area contributed by atoms with Crippen molar-refractivity contribution in [3.8, 4) is 0 Å². The molecule has 0 aliphatic carbocycles. The highest BCUT2D eigenvalue weighted by molar-refractivity contribution is 7.12. The van der Waals surface area contributed by atoms with Crippen LogP contribution in [-0.2, 0) is 6.42 Å². The van der Waals surface area contributed by atoms with Crippen molar-refractivity contribution >= 4 is 17.1 Å². The summed E-state index contributed by atoms with van der Waals surface area (Å²) in [6.07, 6.45) is -4.11. The third-order valence-corrected chi connectivity index (χ3v) is 2.52. The first-order chi connectivity index (χ1) is 5.95. The Kier molecular flexibility index (Phi) is 2.75. The summed E-state index contributed by atoms with van der Waals surface area (Å²) in [5, 5.41) is 1.57. The number of thiophene rings is 1. The zero-order chi connectivity index (χ0) is 10.1. The van der Waals surface area contributed by atoms with Gasteiger partial charge in [0, 0.05) is 0 Å². The lowest BCUT2D eigenvalue weighted by Gasteiger charge is -2.00. The van der Waals surface area contributed by atoms with Crippen LogP contribution in [0.15, 0.2) is 11.4 Å². The van der Waals surface area contributed by atoms with E-state index < -0.39 is 12.0 Å². The standard InChI is InChI=1S/C8H7F3OS/c1-2-5-3-6(13-4-5)7(12)8(9,10)11/h3-4H,2H2,1H3. The average molecular weight is 208 g/mol. The lowest BCUT2D eigenvalue weighted by molar-refractivity contribution is -0.0882. The van der Waals surface area contributed by atoms with Crippen LogP contribution in [0.25, 0.3) is 0 Å². The van der Waals surface area contributed by atoms with E-state index in [2.05, 4.69) is 0 Å². The lowest BCUT2D eigenvalue weighted by atomic mass is 10.2. The molecule has 72 valence electrons. The fourth-order valence-electron chi connectivity index (χ4n) is 0.820. The van der Waals surface area contributed by atoms with E-state index in [9.17, 15) is 18.0 Å². The van der Waals surface area contributed by atoms with Gasteiger partial charge in [-0.05, 0) is 23.4 Å². The molecule has 0 aliphatic heterocycles. The van der Waals surface area contributed by atoms with Gasteiger partial charge in [0.25, 0.3) is 5.78 Å². The summed E-state index contributed by atoms with van der Waals surface area (Å²) >= 11 is 0.840. The summed E-state index contributed by atoms with van der Waals surface area (Å²) in [7, 11) is 0. The van der Waals surface area contributed by atoms with Crippen LogP contribution in [0.1, 0.15) is 22.2 Å². The maximum atomic E-state index is 11.9. The number of carbonyl (C=O) groups excluding carboxylic acids is 1. The van der Waals surface area contributed by atoms with Gasteiger partial charge in [0.05, 0.1) is 4.88 Å². The molecule has 0 saturated heterocycles. The quantitative estimate of drug-likeness (QED) is 0.682. The fraction of sp³-hybridized carbons (Fsp3) is 0.375. The maximum Gasteiger partial charge on any atom is 0.455 e. The molecule has 0 radical (unpaired) electrons. The molecule has 1 aromatic rings. The van der Waals surface area contributed by atoms with E-state index in [1.54, 1.807) is 5.38 Å². The molecular weight excluding hydrogens is 201 g/mol. The largest absolute Gasteiger partial charge is 0.455 e. The molecule has 1 rings (SSSR count). The number of alkyl halides is 3. The zero-order valence-corrected chi connectivity index (χ0v) is 7.63. The average Bonchev–Trinajstić information content (AvgIpc) is 2.48. The summed E-state index contributed by atoms with van der Waals surface area (Å²) < 4.78 is 35.7. The molecular formula is C8H7F3OS. The number of hydrogen-bond donors (Lipinski definition) is 0. The van der Waals surface area contributed by atoms with Crippen LogP contribution in [0.5, 0.6) is 0 Å². The minimum Gasteiger partial charge on any atom is -0.283 e. The Hall–Kier alpha value is -0.840. The van der Waals surface area contributed by atoms with Crippen LogP contribution in [0.4, 0.5) is 13.2 Å². The van der Waals surface area contributed by atoms with Crippen molar-refractivity contribution in [3.05, 3.63) is 21.9 Å². The highest BCUT2D eigenvalue weighted by atomic mass is 32.1. The second kappa shape index (κ2) is 3.49. The fourth-order valence-corrected chi connectivity index (χ4v) is 1.77. The summed E-state index contributed by atoms with van der Waals surface area (Å²) in [5.41, 5.74) is 0.762. The minimum absolute atomic E-state index is 0.232. The molecule has 0 N–H and O–H groups in total. The van der Waals surface area contributed by atoms with Crippen molar-refractivity contribution in [1.29, 1.82) is 0 Å². The smallest absolute Gasteiger partial charge is 0.283 e. The summed E-state index contributed by atoms with van der Waals surface area (Å²) in [5.74, 6) is -1.75. The Morgan fingerprint density at radius 2 is 2.15 bits per heavy atom. The van der Waals surface area contributed by atoms with Gasteiger partial charge < -0.3 is 0 Å². The van der Waals surface area contributed by atoms with Crippen molar-refractivity contribution in [2.75, 3.05) is 0 Å². The van der Waals surface area contributed by atoms with E-state index in [1.807, 2.05) is 6.92 Å². The third kappa shape index (κ3) is 2.30. The zero-order valence-electron chi connectivity index (χ0n) is 6.81. The predicted octanol–water partition coefficient (Wildman–Crippen LogP) is 3.06. The van der Waals surface area contributed by atoms with Crippen LogP contribution >= 0.6 is 11.3 Å². The maximum absolute atomic E-state index is 11.9. The first kappa shape index (κ1) is 10.2. The summed E-state index contributed by atoms with van der Waals surface area (Å²) in [6.45, 7) is 1.82. The Morgan fingerprint density at radius 1 is 1.54 bits per heavy atom. The van der Waals surface area contributed by atoms with Crippen molar-refractivity contribution in [2.45, 2.75) is 19.5 Å². The molecule has 0 aliphatic rings. The van der Waals surface area contributed by atoms with Crippen LogP contribution < -0.4 is 0 Å². The van der Waals surface area contributed by atoms with Gasteiger partial charge in [0.15, 0.2) is 0 Å². The molecule has 0 aromatic carbocycles. The van der Waals surface area contributed by atoms with Gasteiger partial charge in [-0.3, -0.25) is 4.79 Å². The molecule has 13 heavy (non-hydrogen) atoms. The topological polar surface area (TPSA) is 17.1 Å². The molecule has 0 saturated carbocycles. The van der Waals surface area contributed by atoms with Crippen LogP contribution in [0.3, 0.4) is 0 Å². The molecule has 1 nitrogen and oxygen atoms in total. The Morgan fingerprint density at radius 3 is 2.54 bits per heavy atom. The number of Topliss-reactive ketones (excluding diaryl/α,β-unsaturated/α-hetero) is 1. The molecule has 0 unspecified atom stereocenters. The van der Waals surface area contributed by atoms with E-state index in [0.717, 1.165) is 16.9 Å². The van der Waals surface area contributed by atoms with Gasteiger partial charge >= 0.3 is 6.18 Å². The Labute approximate surface area is 77.2 Å². The molecule has 5 heteroatoms. The van der Waals surface area contributed by atoms with E-state index in [4.69, 9.17) is 0 Å². The van der Waals surface area contributed by atoms with Gasteiger partial charge in [-0.15, -0.1) is 11.3 Å². The molecule has 0 atom stereocenters. The van der Waals surface area contributed by atoms with Crippen molar-refractivity contribution < 1.29 is 18.0 Å². The molecule has 0 fully saturated rings. The molecule has 0 spiro atoms. The predicted molar refractivity (Wildman–Crippen MR) is 44.1 cm³/mol. The monoisotopic (exact) mass is 208 g/mol. The van der Waals surface area contributed by atoms with E-state index in [-0.39, 0.29) is 4.88 Å². The SMILES string of the molecule is CCc1csc(C(=O)C(F)(F)F)c1. The number of carbonyl (C=O) groups is 1. The van der Waals surface area contributed by atoms with Gasteiger partial charge in [-0.2, -0.15) is 13.2 Å². The van der Waals surface area contributed by atoms with Crippen LogP contribution in [0, 0.1) is 0 Å². The highest BCUT2D eigenvalue weighted by Crippen LogP contribution is 2.25. The first-order valence-corrected chi connectivity index (χ1v) is 4.52. The number of halogens is 3. The number of rotatable bonds is 2. The number of ketones is 1. The Balaban J connectivity index is 2.90. The molecule has 1 heterocycles. The van der Waals surface area contributed by atoms with Crippen LogP contribution in [-0.4, -0.2) is 12.0 Å². The van der Waals surface area contributed by atoms with Crippen molar-refractivity contribution in [2.24, 2.45) is 0 Å². The number of aryl methyl sites for hydroxylation is 1. The third-order valence-electron chi connectivity index (χ3n) is 1.54. The van der Waals surface area contributed by atoms with Crippen LogP contribution in [0.2, 0.25) is 0 Å². The first-order valence-electron chi connectivity index (χ1n) is 3.64. The summed E-state index contributed by atoms with van der Waals surface area (Å²) in [6, 6.07) is 1.29. The number of hydrogen-bond acceptors (Lipinski definition) is 2. The molecule has 1 aromatic heterocycles. The highest BCUT2D eigenvalue weighted by Gasteiger charge is 2.39. The van der Waals surface area contributed by atoms with Gasteiger partial charge in [-0.25, -0.2) is 0 Å². The second-order valence-electron chi connectivity index (χ2n) is 2.50. The second-order valence-corrected chi connectivity index (χ2v) is 3.41. The summed E-state index contributed by atoms with van der Waals surface area (Å²) in [4.78, 5) is 10.4. The lowest BCUT2D eigenvalue weighted by Crippen LogP contribution is -2.21. The van der Waals surface area contributed by atoms with E-state index >= 15 is 0 Å². The normalized spacial score (nSPS) is 11.7. The molecule has 0 bridgehead atoms. The van der Waals surface area contributed by atoms with Gasteiger partial charge in [-0.1, -0.05) is 6.92 Å².